The Labute approximate surface area is 275 Å². The van der Waals surface area contributed by atoms with Gasteiger partial charge in [-0.1, -0.05) is 102 Å². The van der Waals surface area contributed by atoms with Gasteiger partial charge in [0.25, 0.3) is 0 Å². The summed E-state index contributed by atoms with van der Waals surface area (Å²) in [5.41, 5.74) is 7.94. The first-order valence-corrected chi connectivity index (χ1v) is 19.5. The number of benzene rings is 4. The van der Waals surface area contributed by atoms with Crippen LogP contribution in [0.25, 0.3) is 49.7 Å². The van der Waals surface area contributed by atoms with Gasteiger partial charge in [-0.3, -0.25) is 4.98 Å². The van der Waals surface area contributed by atoms with Gasteiger partial charge in [-0.15, -0.1) is 0 Å². The monoisotopic (exact) mass is 625 g/mol. The Hall–Kier alpha value is -3.48. The molecule has 2 heterocycles. The Bertz CT molecular complexity index is 2040. The van der Waals surface area contributed by atoms with Gasteiger partial charge in [0.1, 0.15) is 7.14 Å². The minimum atomic E-state index is -2.62. The van der Waals surface area contributed by atoms with Crippen molar-refractivity contribution < 1.29 is 4.57 Å². The van der Waals surface area contributed by atoms with E-state index in [9.17, 15) is 4.57 Å². The molecule has 46 heavy (non-hydrogen) atoms. The van der Waals surface area contributed by atoms with Gasteiger partial charge in [0.2, 0.25) is 0 Å². The molecule has 2 nitrogen and oxygen atoms in total. The highest BCUT2D eigenvalue weighted by atomic mass is 31.2. The lowest BCUT2D eigenvalue weighted by Gasteiger charge is -2.40. The van der Waals surface area contributed by atoms with Crippen LogP contribution in [0.15, 0.2) is 84.8 Å². The van der Waals surface area contributed by atoms with Gasteiger partial charge in [0.05, 0.1) is 5.52 Å². The summed E-state index contributed by atoms with van der Waals surface area (Å²) in [4.78, 5) is 4.67. The van der Waals surface area contributed by atoms with Crippen LogP contribution in [0.4, 0.5) is 0 Å². The molecular formula is C43H48NOP. The van der Waals surface area contributed by atoms with Crippen molar-refractivity contribution in [2.45, 2.75) is 85.2 Å². The van der Waals surface area contributed by atoms with E-state index in [1.165, 1.54) is 67.6 Å². The average Bonchev–Trinajstić information content (AvgIpc) is 3.42. The molecule has 4 atom stereocenters. The van der Waals surface area contributed by atoms with Gasteiger partial charge in [-0.2, -0.15) is 0 Å². The second-order valence-corrected chi connectivity index (χ2v) is 17.2. The van der Waals surface area contributed by atoms with Crippen LogP contribution in [0.5, 0.6) is 0 Å². The molecular weight excluding hydrogens is 577 g/mol. The number of aromatic nitrogens is 1. The maximum absolute atomic E-state index is 14.9. The van der Waals surface area contributed by atoms with E-state index in [2.05, 4.69) is 118 Å². The first-order valence-electron chi connectivity index (χ1n) is 17.7. The molecule has 1 aromatic heterocycles. The van der Waals surface area contributed by atoms with Gasteiger partial charge in [-0.05, 0) is 129 Å². The van der Waals surface area contributed by atoms with Crippen molar-refractivity contribution in [2.24, 2.45) is 17.8 Å². The quantitative estimate of drug-likeness (QED) is 0.0975. The normalized spacial score (nSPS) is 23.4. The van der Waals surface area contributed by atoms with Crippen molar-refractivity contribution in [3.8, 4) is 0 Å². The Morgan fingerprint density at radius 3 is 2.30 bits per heavy atom. The number of allylic oxidation sites excluding steroid dienone is 2. The van der Waals surface area contributed by atoms with Crippen molar-refractivity contribution in [1.29, 1.82) is 0 Å². The third kappa shape index (κ3) is 5.37. The fourth-order valence-corrected chi connectivity index (χ4v) is 12.4. The lowest BCUT2D eigenvalue weighted by Crippen LogP contribution is -2.34. The van der Waals surface area contributed by atoms with Crippen molar-refractivity contribution in [2.75, 3.05) is 0 Å². The zero-order valence-corrected chi connectivity index (χ0v) is 29.1. The standard InChI is InChI=1S/C43H48NOP/c1-6-9-36(32-18-21-41-34(26-32)22-24-46(41,45)42-25-29(5)12-19-35(42)28(3)4)37(10-7-2)33-16-14-30-13-15-31-17-20-40-38(11-8-23-44-40)43(31)39(30)27-33/h8,11,13-18,20-24,26-29,35,42H,6-7,9-10,12,19,25H2,1-5H3/b37-36+. The van der Waals surface area contributed by atoms with Crippen molar-refractivity contribution in [3.63, 3.8) is 0 Å². The molecule has 4 aromatic carbocycles. The summed E-state index contributed by atoms with van der Waals surface area (Å²) in [7, 11) is -2.62. The van der Waals surface area contributed by atoms with Crippen LogP contribution in [-0.2, 0) is 4.57 Å². The molecule has 0 amide bonds. The Morgan fingerprint density at radius 2 is 1.54 bits per heavy atom. The van der Waals surface area contributed by atoms with E-state index in [-0.39, 0.29) is 5.66 Å². The molecule has 1 fully saturated rings. The molecule has 5 aromatic rings. The average molecular weight is 626 g/mol. The van der Waals surface area contributed by atoms with Crippen LogP contribution in [0.1, 0.15) is 96.3 Å². The van der Waals surface area contributed by atoms with Crippen LogP contribution >= 0.6 is 7.14 Å². The summed E-state index contributed by atoms with van der Waals surface area (Å²) in [5, 5.41) is 7.40. The van der Waals surface area contributed by atoms with Crippen LogP contribution in [0.3, 0.4) is 0 Å². The molecule has 4 unspecified atom stereocenters. The summed E-state index contributed by atoms with van der Waals surface area (Å²) in [6.45, 7) is 11.6. The second kappa shape index (κ2) is 12.6. The highest BCUT2D eigenvalue weighted by Crippen LogP contribution is 2.62. The number of pyridine rings is 1. The molecule has 1 aliphatic heterocycles. The van der Waals surface area contributed by atoms with Gasteiger partial charge in [-0.25, -0.2) is 0 Å². The van der Waals surface area contributed by atoms with Crippen molar-refractivity contribution in [1.82, 2.24) is 4.98 Å². The molecule has 0 saturated heterocycles. The molecule has 236 valence electrons. The third-order valence-corrected chi connectivity index (χ3v) is 14.3. The van der Waals surface area contributed by atoms with Crippen molar-refractivity contribution >= 4 is 62.1 Å². The van der Waals surface area contributed by atoms with E-state index < -0.39 is 7.14 Å². The Balaban J connectivity index is 1.36. The largest absolute Gasteiger partial charge is 0.314 e. The van der Waals surface area contributed by atoms with E-state index >= 15 is 0 Å². The third-order valence-electron chi connectivity index (χ3n) is 11.0. The van der Waals surface area contributed by atoms with E-state index in [4.69, 9.17) is 0 Å². The Kier molecular flexibility index (Phi) is 8.54. The smallest absolute Gasteiger partial charge is 0.140 e. The maximum Gasteiger partial charge on any atom is 0.140 e. The molecule has 3 heteroatoms. The van der Waals surface area contributed by atoms with Crippen LogP contribution in [0, 0.1) is 17.8 Å². The van der Waals surface area contributed by atoms with Gasteiger partial charge >= 0.3 is 0 Å². The van der Waals surface area contributed by atoms with E-state index in [1.807, 2.05) is 12.3 Å². The number of nitrogens with zero attached hydrogens (tertiary/aromatic N) is 1. The summed E-state index contributed by atoms with van der Waals surface area (Å²) < 4.78 is 14.9. The first kappa shape index (κ1) is 31.1. The molecule has 1 aliphatic carbocycles. The molecule has 7 rings (SSSR count). The van der Waals surface area contributed by atoms with Crippen molar-refractivity contribution in [3.05, 3.63) is 102 Å². The highest BCUT2D eigenvalue weighted by Gasteiger charge is 2.44. The van der Waals surface area contributed by atoms with Gasteiger partial charge < -0.3 is 4.57 Å². The van der Waals surface area contributed by atoms with Crippen LogP contribution in [-0.4, -0.2) is 10.6 Å². The van der Waals surface area contributed by atoms with Gasteiger partial charge in [0, 0.05) is 22.5 Å². The van der Waals surface area contributed by atoms with Gasteiger partial charge in [0.15, 0.2) is 0 Å². The molecule has 2 aliphatic rings. The molecule has 1 saturated carbocycles. The fourth-order valence-electron chi connectivity index (χ4n) is 8.68. The topological polar surface area (TPSA) is 30.0 Å². The first-order chi connectivity index (χ1) is 22.3. The summed E-state index contributed by atoms with van der Waals surface area (Å²) in [6, 6.07) is 27.0. The van der Waals surface area contributed by atoms with E-state index in [1.54, 1.807) is 0 Å². The predicted molar refractivity (Wildman–Crippen MR) is 201 cm³/mol. The van der Waals surface area contributed by atoms with E-state index in [0.717, 1.165) is 42.9 Å². The highest BCUT2D eigenvalue weighted by molar-refractivity contribution is 7.76. The minimum Gasteiger partial charge on any atom is -0.314 e. The fraction of sp³-hybridized carbons (Fsp3) is 0.372. The van der Waals surface area contributed by atoms with Crippen LogP contribution in [0.2, 0.25) is 0 Å². The molecule has 0 N–H and O–H groups in total. The maximum atomic E-state index is 14.9. The zero-order valence-electron chi connectivity index (χ0n) is 28.2. The second-order valence-electron chi connectivity index (χ2n) is 14.4. The number of rotatable bonds is 8. The summed E-state index contributed by atoms with van der Waals surface area (Å²) >= 11 is 0. The number of fused-ring (bicyclic) bond motifs is 6. The minimum absolute atomic E-state index is 0.264. The molecule has 0 spiro atoms. The number of hydrogen-bond donors (Lipinski definition) is 0. The predicted octanol–water partition coefficient (Wildman–Crippen LogP) is 12.5. The lowest BCUT2D eigenvalue weighted by molar-refractivity contribution is 0.238. The lowest BCUT2D eigenvalue weighted by atomic mass is 9.77. The number of hydrogen-bond acceptors (Lipinski definition) is 2. The molecule has 0 radical (unpaired) electrons. The summed E-state index contributed by atoms with van der Waals surface area (Å²) in [5.74, 6) is 3.86. The van der Waals surface area contributed by atoms with E-state index in [0.29, 0.717) is 17.8 Å². The molecule has 0 bridgehead atoms. The SMILES string of the molecule is CCC/C(=C(/CCC)c1ccc2ccc3ccc4ncccc4c3c2c1)c1ccc2c(c1)C=CP2(=O)C1CC(C)CCC1C(C)C. The zero-order chi connectivity index (χ0) is 32.0. The Morgan fingerprint density at radius 1 is 0.848 bits per heavy atom. The van der Waals surface area contributed by atoms with Crippen LogP contribution < -0.4 is 5.30 Å². The summed E-state index contributed by atoms with van der Waals surface area (Å²) in [6.07, 6.45) is 11.8.